The molecule has 21 heavy (non-hydrogen) atoms. The summed E-state index contributed by atoms with van der Waals surface area (Å²) in [6.07, 6.45) is 1.25. The minimum atomic E-state index is -3.68. The van der Waals surface area contributed by atoms with E-state index >= 15 is 0 Å². The van der Waals surface area contributed by atoms with E-state index < -0.39 is 21.8 Å². The molecule has 1 fully saturated rings. The summed E-state index contributed by atoms with van der Waals surface area (Å²) in [7, 11) is -3.68. The van der Waals surface area contributed by atoms with Gasteiger partial charge in [-0.2, -0.15) is 4.31 Å². The standard InChI is InChI=1S/C13H16Br2N2O3S/c1-8-2-3-9(13(16)18)7-17(8)21(19,20)12-6-10(14)4-5-11(12)15/h4-6,8-9H,2-3,7H2,1H3,(H2,16,18). The zero-order valence-electron chi connectivity index (χ0n) is 11.4. The van der Waals surface area contributed by atoms with Crippen LogP contribution in [-0.2, 0) is 14.8 Å². The first-order chi connectivity index (χ1) is 9.73. The van der Waals surface area contributed by atoms with Crippen LogP contribution in [0.1, 0.15) is 19.8 Å². The fraction of sp³-hybridized carbons (Fsp3) is 0.462. The van der Waals surface area contributed by atoms with Crippen molar-refractivity contribution in [1.29, 1.82) is 0 Å². The topological polar surface area (TPSA) is 80.5 Å². The summed E-state index contributed by atoms with van der Waals surface area (Å²) in [5, 5.41) is 0. The van der Waals surface area contributed by atoms with Gasteiger partial charge in [0, 0.05) is 21.5 Å². The molecular formula is C13H16Br2N2O3S. The normalized spacial score (nSPS) is 24.0. The number of benzene rings is 1. The van der Waals surface area contributed by atoms with Crippen molar-refractivity contribution in [2.45, 2.75) is 30.7 Å². The number of nitrogens with zero attached hydrogens (tertiary/aromatic N) is 1. The Bertz CT molecular complexity index is 663. The molecule has 116 valence electrons. The van der Waals surface area contributed by atoms with Gasteiger partial charge in [0.2, 0.25) is 15.9 Å². The van der Waals surface area contributed by atoms with E-state index in [1.807, 2.05) is 6.92 Å². The lowest BCUT2D eigenvalue weighted by molar-refractivity contribution is -0.123. The Labute approximate surface area is 141 Å². The van der Waals surface area contributed by atoms with Crippen molar-refractivity contribution >= 4 is 47.8 Å². The first kappa shape index (κ1) is 16.9. The van der Waals surface area contributed by atoms with Gasteiger partial charge in [0.15, 0.2) is 0 Å². The van der Waals surface area contributed by atoms with Crippen LogP contribution in [0.3, 0.4) is 0 Å². The summed E-state index contributed by atoms with van der Waals surface area (Å²) < 4.78 is 28.3. The maximum absolute atomic E-state index is 12.9. The Hall–Kier alpha value is -0.440. The molecule has 5 nitrogen and oxygen atoms in total. The van der Waals surface area contributed by atoms with E-state index in [-0.39, 0.29) is 17.5 Å². The van der Waals surface area contributed by atoms with Crippen molar-refractivity contribution in [3.63, 3.8) is 0 Å². The van der Waals surface area contributed by atoms with Crippen LogP contribution in [0.4, 0.5) is 0 Å². The number of hydrogen-bond acceptors (Lipinski definition) is 3. The fourth-order valence-corrected chi connectivity index (χ4v) is 5.61. The van der Waals surface area contributed by atoms with Gasteiger partial charge in [-0.05, 0) is 53.9 Å². The molecule has 1 saturated heterocycles. The molecule has 0 radical (unpaired) electrons. The number of carbonyl (C=O) groups is 1. The number of halogens is 2. The molecule has 0 saturated carbocycles. The average Bonchev–Trinajstić information content (AvgIpc) is 2.41. The highest BCUT2D eigenvalue weighted by molar-refractivity contribution is 9.11. The SMILES string of the molecule is CC1CCC(C(N)=O)CN1S(=O)(=O)c1cc(Br)ccc1Br. The van der Waals surface area contributed by atoms with Crippen LogP contribution >= 0.6 is 31.9 Å². The summed E-state index contributed by atoms with van der Waals surface area (Å²) in [4.78, 5) is 11.6. The molecule has 2 N–H and O–H groups in total. The molecular weight excluding hydrogens is 424 g/mol. The lowest BCUT2D eigenvalue weighted by Crippen LogP contribution is -2.48. The molecule has 0 aromatic heterocycles. The first-order valence-corrected chi connectivity index (χ1v) is 9.52. The van der Waals surface area contributed by atoms with Gasteiger partial charge in [-0.3, -0.25) is 4.79 Å². The molecule has 0 aliphatic carbocycles. The zero-order chi connectivity index (χ0) is 15.8. The van der Waals surface area contributed by atoms with Crippen molar-refractivity contribution in [3.8, 4) is 0 Å². The van der Waals surface area contributed by atoms with E-state index in [2.05, 4.69) is 31.9 Å². The second kappa shape index (κ2) is 6.36. The zero-order valence-corrected chi connectivity index (χ0v) is 15.4. The van der Waals surface area contributed by atoms with E-state index in [1.165, 1.54) is 4.31 Å². The third kappa shape index (κ3) is 3.49. The Balaban J connectivity index is 2.42. The van der Waals surface area contributed by atoms with Crippen LogP contribution in [0.5, 0.6) is 0 Å². The van der Waals surface area contributed by atoms with Gasteiger partial charge in [-0.25, -0.2) is 8.42 Å². The fourth-order valence-electron chi connectivity index (χ4n) is 2.44. The number of primary amides is 1. The molecule has 2 rings (SSSR count). The van der Waals surface area contributed by atoms with Crippen molar-refractivity contribution < 1.29 is 13.2 Å². The van der Waals surface area contributed by atoms with Crippen LogP contribution in [0.2, 0.25) is 0 Å². The van der Waals surface area contributed by atoms with E-state index in [0.29, 0.717) is 21.8 Å². The number of carbonyl (C=O) groups excluding carboxylic acids is 1. The minimum absolute atomic E-state index is 0.137. The lowest BCUT2D eigenvalue weighted by atomic mass is 9.95. The molecule has 0 spiro atoms. The summed E-state index contributed by atoms with van der Waals surface area (Å²) in [6, 6.07) is 4.84. The van der Waals surface area contributed by atoms with E-state index in [4.69, 9.17) is 5.73 Å². The van der Waals surface area contributed by atoms with E-state index in [1.54, 1.807) is 18.2 Å². The molecule has 1 aromatic carbocycles. The second-order valence-corrected chi connectivity index (χ2v) is 8.80. The Morgan fingerprint density at radius 2 is 2.00 bits per heavy atom. The molecule has 0 bridgehead atoms. The number of piperidine rings is 1. The molecule has 1 aliphatic rings. The smallest absolute Gasteiger partial charge is 0.244 e. The predicted octanol–water partition coefficient (Wildman–Crippen LogP) is 2.49. The number of amides is 1. The van der Waals surface area contributed by atoms with Gasteiger partial charge >= 0.3 is 0 Å². The van der Waals surface area contributed by atoms with E-state index in [9.17, 15) is 13.2 Å². The van der Waals surface area contributed by atoms with E-state index in [0.717, 1.165) is 0 Å². The first-order valence-electron chi connectivity index (χ1n) is 6.49. The number of sulfonamides is 1. The third-order valence-electron chi connectivity index (χ3n) is 3.71. The quantitative estimate of drug-likeness (QED) is 0.785. The molecule has 1 heterocycles. The minimum Gasteiger partial charge on any atom is -0.369 e. The predicted molar refractivity (Wildman–Crippen MR) is 87.1 cm³/mol. The summed E-state index contributed by atoms with van der Waals surface area (Å²) in [5.41, 5.74) is 5.33. The Kier molecular flexibility index (Phi) is 5.12. The van der Waals surface area contributed by atoms with Gasteiger partial charge in [0.1, 0.15) is 0 Å². The number of rotatable bonds is 3. The van der Waals surface area contributed by atoms with Crippen molar-refractivity contribution in [2.75, 3.05) is 6.54 Å². The molecule has 2 atom stereocenters. The number of nitrogens with two attached hydrogens (primary N) is 1. The summed E-state index contributed by atoms with van der Waals surface area (Å²) in [6.45, 7) is 1.98. The second-order valence-electron chi connectivity index (χ2n) is 5.18. The third-order valence-corrected chi connectivity index (χ3v) is 7.17. The molecule has 1 amide bonds. The van der Waals surface area contributed by atoms with Gasteiger partial charge < -0.3 is 5.73 Å². The summed E-state index contributed by atoms with van der Waals surface area (Å²) in [5.74, 6) is -0.877. The highest BCUT2D eigenvalue weighted by Gasteiger charge is 2.37. The maximum atomic E-state index is 12.9. The largest absolute Gasteiger partial charge is 0.369 e. The van der Waals surface area contributed by atoms with Crippen LogP contribution in [0.15, 0.2) is 32.0 Å². The van der Waals surface area contributed by atoms with Crippen molar-refractivity contribution in [2.24, 2.45) is 11.7 Å². The molecule has 8 heteroatoms. The van der Waals surface area contributed by atoms with Crippen LogP contribution < -0.4 is 5.73 Å². The summed E-state index contributed by atoms with van der Waals surface area (Å²) >= 11 is 6.56. The lowest BCUT2D eigenvalue weighted by Gasteiger charge is -2.36. The highest BCUT2D eigenvalue weighted by atomic mass is 79.9. The highest BCUT2D eigenvalue weighted by Crippen LogP contribution is 2.32. The maximum Gasteiger partial charge on any atom is 0.244 e. The Morgan fingerprint density at radius 1 is 1.33 bits per heavy atom. The molecule has 1 aliphatic heterocycles. The van der Waals surface area contributed by atoms with Crippen LogP contribution in [-0.4, -0.2) is 31.2 Å². The van der Waals surface area contributed by atoms with Gasteiger partial charge in [-0.15, -0.1) is 0 Å². The van der Waals surface area contributed by atoms with Crippen molar-refractivity contribution in [1.82, 2.24) is 4.31 Å². The van der Waals surface area contributed by atoms with Gasteiger partial charge in [0.25, 0.3) is 0 Å². The monoisotopic (exact) mass is 438 g/mol. The molecule has 2 unspecified atom stereocenters. The van der Waals surface area contributed by atoms with Crippen LogP contribution in [0, 0.1) is 5.92 Å². The van der Waals surface area contributed by atoms with Gasteiger partial charge in [-0.1, -0.05) is 15.9 Å². The van der Waals surface area contributed by atoms with Crippen molar-refractivity contribution in [3.05, 3.63) is 27.1 Å². The van der Waals surface area contributed by atoms with Crippen LogP contribution in [0.25, 0.3) is 0 Å². The average molecular weight is 440 g/mol. The number of hydrogen-bond donors (Lipinski definition) is 1. The molecule has 1 aromatic rings. The van der Waals surface area contributed by atoms with Gasteiger partial charge in [0.05, 0.1) is 10.8 Å². The Morgan fingerprint density at radius 3 is 2.62 bits per heavy atom.